The minimum Gasteiger partial charge on any atom is -0.362 e. The molecule has 1 aromatic rings. The van der Waals surface area contributed by atoms with Gasteiger partial charge in [-0.1, -0.05) is 31.5 Å². The Morgan fingerprint density at radius 2 is 2.12 bits per heavy atom. The average molecular weight is 257 g/mol. The highest BCUT2D eigenvalue weighted by Gasteiger charge is 2.03. The Balaban J connectivity index is 2.59. The van der Waals surface area contributed by atoms with Crippen LogP contribution in [0.5, 0.6) is 0 Å². The van der Waals surface area contributed by atoms with E-state index < -0.39 is 0 Å². The molecule has 0 saturated carbocycles. The molecule has 0 spiro atoms. The van der Waals surface area contributed by atoms with Crippen LogP contribution in [0.4, 0.5) is 5.69 Å². The van der Waals surface area contributed by atoms with Crippen molar-refractivity contribution in [2.24, 2.45) is 5.92 Å². The maximum atomic E-state index is 6.05. The van der Waals surface area contributed by atoms with Gasteiger partial charge in [-0.2, -0.15) is 0 Å². The molecule has 0 aliphatic rings. The summed E-state index contributed by atoms with van der Waals surface area (Å²) >= 11 is 11.2. The van der Waals surface area contributed by atoms with Gasteiger partial charge in [0, 0.05) is 6.54 Å². The smallest absolute Gasteiger partial charge is 0.170 e. The van der Waals surface area contributed by atoms with Crippen LogP contribution in [0, 0.1) is 12.8 Å². The predicted molar refractivity (Wildman–Crippen MR) is 75.3 cm³/mol. The van der Waals surface area contributed by atoms with Gasteiger partial charge in [0.25, 0.3) is 0 Å². The number of anilines is 1. The van der Waals surface area contributed by atoms with E-state index in [2.05, 4.69) is 24.5 Å². The van der Waals surface area contributed by atoms with Crippen LogP contribution in [0.1, 0.15) is 19.4 Å². The number of nitrogens with one attached hydrogen (secondary N) is 2. The molecule has 0 aliphatic heterocycles. The first kappa shape index (κ1) is 13.3. The lowest BCUT2D eigenvalue weighted by molar-refractivity contribution is 0.627. The zero-order valence-corrected chi connectivity index (χ0v) is 11.4. The summed E-state index contributed by atoms with van der Waals surface area (Å²) in [6, 6.07) is 5.81. The van der Waals surface area contributed by atoms with Gasteiger partial charge >= 0.3 is 0 Å². The number of halogens is 1. The van der Waals surface area contributed by atoms with Crippen molar-refractivity contribution in [1.29, 1.82) is 0 Å². The SMILES string of the molecule is Cc1ccc(Cl)c(NC(=S)NCC(C)C)c1. The molecule has 16 heavy (non-hydrogen) atoms. The van der Waals surface area contributed by atoms with E-state index in [0.29, 0.717) is 16.1 Å². The van der Waals surface area contributed by atoms with Crippen molar-refractivity contribution in [1.82, 2.24) is 5.32 Å². The third-order valence-electron chi connectivity index (χ3n) is 2.04. The Morgan fingerprint density at radius 3 is 2.75 bits per heavy atom. The second kappa shape index (κ2) is 6.06. The summed E-state index contributed by atoms with van der Waals surface area (Å²) in [4.78, 5) is 0. The largest absolute Gasteiger partial charge is 0.362 e. The Labute approximate surface area is 107 Å². The molecular weight excluding hydrogens is 240 g/mol. The molecule has 2 N–H and O–H groups in total. The number of benzene rings is 1. The fourth-order valence-electron chi connectivity index (χ4n) is 1.20. The van der Waals surface area contributed by atoms with Gasteiger partial charge in [-0.05, 0) is 42.8 Å². The first-order valence-electron chi connectivity index (χ1n) is 5.30. The summed E-state index contributed by atoms with van der Waals surface area (Å²) in [5.41, 5.74) is 2.00. The Hall–Kier alpha value is -0.800. The lowest BCUT2D eigenvalue weighted by Gasteiger charge is -2.13. The van der Waals surface area contributed by atoms with Crippen molar-refractivity contribution in [2.45, 2.75) is 20.8 Å². The molecule has 0 aliphatic carbocycles. The lowest BCUT2D eigenvalue weighted by atomic mass is 10.2. The molecule has 88 valence electrons. The zero-order chi connectivity index (χ0) is 12.1. The van der Waals surface area contributed by atoms with Crippen LogP contribution in [0.3, 0.4) is 0 Å². The van der Waals surface area contributed by atoms with Crippen LogP contribution in [0.25, 0.3) is 0 Å². The summed E-state index contributed by atoms with van der Waals surface area (Å²) in [6.45, 7) is 7.14. The summed E-state index contributed by atoms with van der Waals surface area (Å²) in [5, 5.41) is 7.53. The molecule has 0 fully saturated rings. The zero-order valence-electron chi connectivity index (χ0n) is 9.80. The fourth-order valence-corrected chi connectivity index (χ4v) is 1.56. The van der Waals surface area contributed by atoms with Gasteiger partial charge in [0.2, 0.25) is 0 Å². The van der Waals surface area contributed by atoms with E-state index in [4.69, 9.17) is 23.8 Å². The lowest BCUT2D eigenvalue weighted by Crippen LogP contribution is -2.31. The summed E-state index contributed by atoms with van der Waals surface area (Å²) in [5.74, 6) is 0.563. The highest BCUT2D eigenvalue weighted by Crippen LogP contribution is 2.22. The van der Waals surface area contributed by atoms with Crippen LogP contribution in [-0.2, 0) is 0 Å². The topological polar surface area (TPSA) is 24.1 Å². The fraction of sp³-hybridized carbons (Fsp3) is 0.417. The van der Waals surface area contributed by atoms with Crippen molar-refractivity contribution in [3.05, 3.63) is 28.8 Å². The van der Waals surface area contributed by atoms with Crippen LogP contribution in [-0.4, -0.2) is 11.7 Å². The Kier molecular flexibility index (Phi) is 5.03. The first-order chi connectivity index (χ1) is 7.49. The van der Waals surface area contributed by atoms with Crippen molar-refractivity contribution >= 4 is 34.6 Å². The number of hydrogen-bond acceptors (Lipinski definition) is 1. The Bertz CT molecular complexity index is 377. The van der Waals surface area contributed by atoms with E-state index in [9.17, 15) is 0 Å². The minimum atomic E-state index is 0.563. The minimum absolute atomic E-state index is 0.563. The van der Waals surface area contributed by atoms with E-state index in [1.54, 1.807) is 0 Å². The van der Waals surface area contributed by atoms with Crippen LogP contribution >= 0.6 is 23.8 Å². The van der Waals surface area contributed by atoms with Gasteiger partial charge in [-0.15, -0.1) is 0 Å². The molecular formula is C12H17ClN2S. The number of hydrogen-bond donors (Lipinski definition) is 2. The molecule has 2 nitrogen and oxygen atoms in total. The van der Waals surface area contributed by atoms with Gasteiger partial charge in [-0.25, -0.2) is 0 Å². The van der Waals surface area contributed by atoms with Crippen LogP contribution < -0.4 is 10.6 Å². The Morgan fingerprint density at radius 1 is 1.44 bits per heavy atom. The third kappa shape index (κ3) is 4.37. The van der Waals surface area contributed by atoms with E-state index in [0.717, 1.165) is 17.8 Å². The van der Waals surface area contributed by atoms with E-state index in [-0.39, 0.29) is 0 Å². The maximum Gasteiger partial charge on any atom is 0.170 e. The van der Waals surface area contributed by atoms with Crippen LogP contribution in [0.2, 0.25) is 5.02 Å². The highest BCUT2D eigenvalue weighted by atomic mass is 35.5. The maximum absolute atomic E-state index is 6.05. The monoisotopic (exact) mass is 256 g/mol. The van der Waals surface area contributed by atoms with Crippen molar-refractivity contribution in [3.63, 3.8) is 0 Å². The first-order valence-corrected chi connectivity index (χ1v) is 6.08. The molecule has 0 atom stereocenters. The summed E-state index contributed by atoms with van der Waals surface area (Å²) in [7, 11) is 0. The van der Waals surface area contributed by atoms with Gasteiger partial charge < -0.3 is 10.6 Å². The molecule has 0 saturated heterocycles. The molecule has 0 unspecified atom stereocenters. The van der Waals surface area contributed by atoms with E-state index >= 15 is 0 Å². The highest BCUT2D eigenvalue weighted by molar-refractivity contribution is 7.80. The molecule has 0 heterocycles. The van der Waals surface area contributed by atoms with Gasteiger partial charge in [0.15, 0.2) is 5.11 Å². The second-order valence-corrected chi connectivity index (χ2v) is 5.03. The number of thiocarbonyl (C=S) groups is 1. The van der Waals surface area contributed by atoms with E-state index in [1.807, 2.05) is 25.1 Å². The van der Waals surface area contributed by atoms with Crippen molar-refractivity contribution < 1.29 is 0 Å². The molecule has 0 bridgehead atoms. The van der Waals surface area contributed by atoms with E-state index in [1.165, 1.54) is 0 Å². The average Bonchev–Trinajstić information content (AvgIpc) is 2.20. The third-order valence-corrected chi connectivity index (χ3v) is 2.62. The van der Waals surface area contributed by atoms with Crippen molar-refractivity contribution in [2.75, 3.05) is 11.9 Å². The van der Waals surface area contributed by atoms with Gasteiger partial charge in [-0.3, -0.25) is 0 Å². The molecule has 0 radical (unpaired) electrons. The standard InChI is InChI=1S/C12H17ClN2S/c1-8(2)7-14-12(16)15-11-6-9(3)4-5-10(11)13/h4-6,8H,7H2,1-3H3,(H2,14,15,16). The normalized spacial score (nSPS) is 10.3. The van der Waals surface area contributed by atoms with Crippen LogP contribution in [0.15, 0.2) is 18.2 Å². The predicted octanol–water partition coefficient (Wildman–Crippen LogP) is 3.59. The molecule has 0 aromatic heterocycles. The molecule has 1 aromatic carbocycles. The second-order valence-electron chi connectivity index (χ2n) is 4.21. The molecule has 1 rings (SSSR count). The van der Waals surface area contributed by atoms with Gasteiger partial charge in [0.05, 0.1) is 10.7 Å². The van der Waals surface area contributed by atoms with Gasteiger partial charge in [0.1, 0.15) is 0 Å². The molecule has 4 heteroatoms. The summed E-state index contributed by atoms with van der Waals surface area (Å²) < 4.78 is 0. The number of rotatable bonds is 3. The quantitative estimate of drug-likeness (QED) is 0.809. The van der Waals surface area contributed by atoms with Crippen molar-refractivity contribution in [3.8, 4) is 0 Å². The number of aryl methyl sites for hydroxylation is 1. The molecule has 0 amide bonds. The summed E-state index contributed by atoms with van der Waals surface area (Å²) in [6.07, 6.45) is 0.